The standard InChI is InChI=1S/C23H23ClF3N3O3S2/c1-14(18-10-15(23(26)27)2-4-20(18)25)30-8-6-16(7-9-30)33-21-5-3-17(11-19(21)24)35(31,32)29-22-12-34-13-28-22/h2-5,10-14,16,23,29H,6-9H2,1H3. The third kappa shape index (κ3) is 6.08. The molecule has 0 saturated carbocycles. The van der Waals surface area contributed by atoms with Crippen LogP contribution in [0.25, 0.3) is 0 Å². The van der Waals surface area contributed by atoms with Crippen LogP contribution >= 0.6 is 22.9 Å². The maximum atomic E-state index is 14.3. The molecule has 3 aromatic rings. The minimum absolute atomic E-state index is 0.0143. The minimum atomic E-state index is -3.84. The number of halogens is 4. The van der Waals surface area contributed by atoms with Gasteiger partial charge in [0.1, 0.15) is 17.7 Å². The van der Waals surface area contributed by atoms with Gasteiger partial charge in [0.05, 0.1) is 15.4 Å². The summed E-state index contributed by atoms with van der Waals surface area (Å²) in [5.74, 6) is 0.0843. The second-order valence-electron chi connectivity index (χ2n) is 8.18. The maximum absolute atomic E-state index is 14.3. The third-order valence-corrected chi connectivity index (χ3v) is 8.16. The summed E-state index contributed by atoms with van der Waals surface area (Å²) in [7, 11) is -3.84. The Morgan fingerprint density at radius 3 is 2.57 bits per heavy atom. The van der Waals surface area contributed by atoms with Gasteiger partial charge < -0.3 is 4.74 Å². The first kappa shape index (κ1) is 25.7. The predicted octanol–water partition coefficient (Wildman–Crippen LogP) is 6.28. The van der Waals surface area contributed by atoms with Crippen molar-refractivity contribution in [1.82, 2.24) is 9.88 Å². The van der Waals surface area contributed by atoms with Crippen molar-refractivity contribution in [1.29, 1.82) is 0 Å². The number of nitrogens with one attached hydrogen (secondary N) is 1. The predicted molar refractivity (Wildman–Crippen MR) is 129 cm³/mol. The van der Waals surface area contributed by atoms with Gasteiger partial charge in [0.2, 0.25) is 0 Å². The molecule has 1 atom stereocenters. The van der Waals surface area contributed by atoms with Crippen LogP contribution in [-0.2, 0) is 10.0 Å². The Morgan fingerprint density at radius 2 is 1.94 bits per heavy atom. The molecule has 0 spiro atoms. The number of hydrogen-bond donors (Lipinski definition) is 1. The number of ether oxygens (including phenoxy) is 1. The van der Waals surface area contributed by atoms with E-state index in [1.807, 2.05) is 4.90 Å². The van der Waals surface area contributed by atoms with Crippen molar-refractivity contribution < 1.29 is 26.3 Å². The topological polar surface area (TPSA) is 71.5 Å². The minimum Gasteiger partial charge on any atom is -0.489 e. The molecule has 1 fully saturated rings. The Kier molecular flexibility index (Phi) is 7.89. The van der Waals surface area contributed by atoms with E-state index >= 15 is 0 Å². The second-order valence-corrected chi connectivity index (χ2v) is 11.0. The number of hydrogen-bond acceptors (Lipinski definition) is 6. The number of anilines is 1. The fourth-order valence-electron chi connectivity index (χ4n) is 3.98. The van der Waals surface area contributed by atoms with E-state index in [1.54, 1.807) is 12.3 Å². The molecule has 6 nitrogen and oxygen atoms in total. The summed E-state index contributed by atoms with van der Waals surface area (Å²) in [5.41, 5.74) is 1.56. The summed E-state index contributed by atoms with van der Waals surface area (Å²) < 4.78 is 73.9. The molecular weight excluding hydrogens is 523 g/mol. The molecule has 1 aliphatic rings. The second kappa shape index (κ2) is 10.7. The Morgan fingerprint density at radius 1 is 1.20 bits per heavy atom. The summed E-state index contributed by atoms with van der Waals surface area (Å²) in [6.07, 6.45) is -1.61. The van der Waals surface area contributed by atoms with E-state index in [9.17, 15) is 21.6 Å². The number of benzene rings is 2. The highest BCUT2D eigenvalue weighted by Gasteiger charge is 2.27. The number of thiazole rings is 1. The zero-order valence-corrected chi connectivity index (χ0v) is 21.0. The van der Waals surface area contributed by atoms with Crippen molar-refractivity contribution in [2.75, 3.05) is 17.8 Å². The molecule has 0 radical (unpaired) electrons. The molecule has 4 rings (SSSR count). The Labute approximate surface area is 210 Å². The molecule has 1 unspecified atom stereocenters. The molecule has 0 amide bonds. The average Bonchev–Trinajstić information content (AvgIpc) is 3.33. The fourth-order valence-corrected chi connectivity index (χ4v) is 5.85. The van der Waals surface area contributed by atoms with Crippen molar-refractivity contribution in [3.05, 3.63) is 69.3 Å². The van der Waals surface area contributed by atoms with Gasteiger partial charge in [-0.1, -0.05) is 17.7 Å². The van der Waals surface area contributed by atoms with Gasteiger partial charge in [-0.15, -0.1) is 11.3 Å². The molecule has 188 valence electrons. The maximum Gasteiger partial charge on any atom is 0.263 e. The van der Waals surface area contributed by atoms with Crippen LogP contribution in [0.3, 0.4) is 0 Å². The van der Waals surface area contributed by atoms with Crippen molar-refractivity contribution in [2.45, 2.75) is 43.2 Å². The highest BCUT2D eigenvalue weighted by atomic mass is 35.5. The van der Waals surface area contributed by atoms with Crippen LogP contribution in [0.1, 0.15) is 43.4 Å². The molecule has 1 aromatic heterocycles. The van der Waals surface area contributed by atoms with E-state index in [0.717, 1.165) is 12.1 Å². The van der Waals surface area contributed by atoms with Crippen molar-refractivity contribution in [3.63, 3.8) is 0 Å². The summed E-state index contributed by atoms with van der Waals surface area (Å²) in [6, 6.07) is 7.29. The van der Waals surface area contributed by atoms with Gasteiger partial charge in [-0.05, 0) is 50.1 Å². The molecule has 0 aliphatic carbocycles. The lowest BCUT2D eigenvalue weighted by atomic mass is 9.99. The molecular formula is C23H23ClF3N3O3S2. The monoisotopic (exact) mass is 545 g/mol. The lowest BCUT2D eigenvalue weighted by Gasteiger charge is -2.36. The van der Waals surface area contributed by atoms with Crippen LogP contribution < -0.4 is 9.46 Å². The van der Waals surface area contributed by atoms with Gasteiger partial charge in [-0.3, -0.25) is 9.62 Å². The smallest absolute Gasteiger partial charge is 0.263 e. The summed E-state index contributed by atoms with van der Waals surface area (Å²) in [5, 5.41) is 1.74. The number of nitrogens with zero attached hydrogens (tertiary/aromatic N) is 2. The first-order valence-electron chi connectivity index (χ1n) is 10.8. The highest BCUT2D eigenvalue weighted by Crippen LogP contribution is 2.33. The zero-order chi connectivity index (χ0) is 25.2. The lowest BCUT2D eigenvalue weighted by molar-refractivity contribution is 0.0787. The van der Waals surface area contributed by atoms with Gasteiger partial charge in [-0.25, -0.2) is 26.6 Å². The summed E-state index contributed by atoms with van der Waals surface area (Å²) in [6.45, 7) is 2.95. The van der Waals surface area contributed by atoms with E-state index in [2.05, 4.69) is 9.71 Å². The molecule has 35 heavy (non-hydrogen) atoms. The molecule has 12 heteroatoms. The molecule has 1 saturated heterocycles. The number of likely N-dealkylation sites (tertiary alicyclic amines) is 1. The number of sulfonamides is 1. The normalized spacial score (nSPS) is 16.4. The van der Waals surface area contributed by atoms with E-state index < -0.39 is 22.3 Å². The zero-order valence-electron chi connectivity index (χ0n) is 18.6. The van der Waals surface area contributed by atoms with Crippen molar-refractivity contribution in [3.8, 4) is 5.75 Å². The Bertz CT molecular complexity index is 1270. The fraction of sp³-hybridized carbons (Fsp3) is 0.348. The molecule has 1 N–H and O–H groups in total. The lowest BCUT2D eigenvalue weighted by Crippen LogP contribution is -2.39. The first-order valence-corrected chi connectivity index (χ1v) is 13.6. The van der Waals surface area contributed by atoms with Gasteiger partial charge in [0.15, 0.2) is 5.82 Å². The summed E-state index contributed by atoms with van der Waals surface area (Å²) >= 11 is 7.58. The van der Waals surface area contributed by atoms with Gasteiger partial charge in [-0.2, -0.15) is 0 Å². The van der Waals surface area contributed by atoms with Crippen LogP contribution in [0.5, 0.6) is 5.75 Å². The van der Waals surface area contributed by atoms with Crippen LogP contribution in [0.4, 0.5) is 19.0 Å². The van der Waals surface area contributed by atoms with Gasteiger partial charge in [0, 0.05) is 35.6 Å². The Balaban J connectivity index is 1.37. The number of piperidine rings is 1. The highest BCUT2D eigenvalue weighted by molar-refractivity contribution is 7.92. The molecule has 2 aromatic carbocycles. The average molecular weight is 546 g/mol. The van der Waals surface area contributed by atoms with Gasteiger partial charge in [0.25, 0.3) is 16.4 Å². The van der Waals surface area contributed by atoms with Gasteiger partial charge >= 0.3 is 0 Å². The van der Waals surface area contributed by atoms with Crippen LogP contribution in [0, 0.1) is 5.82 Å². The molecule has 0 bridgehead atoms. The number of aromatic nitrogens is 1. The van der Waals surface area contributed by atoms with Crippen LogP contribution in [0.15, 0.2) is 52.2 Å². The van der Waals surface area contributed by atoms with Crippen LogP contribution in [0.2, 0.25) is 5.02 Å². The SMILES string of the molecule is CC(c1cc(C(F)F)ccc1F)N1CCC(Oc2ccc(S(=O)(=O)Nc3cscn3)cc2Cl)CC1. The van der Waals surface area contributed by atoms with Crippen molar-refractivity contribution >= 4 is 38.8 Å². The quantitative estimate of drug-likeness (QED) is 0.361. The van der Waals surface area contributed by atoms with E-state index in [1.165, 1.54) is 41.1 Å². The van der Waals surface area contributed by atoms with E-state index in [0.29, 0.717) is 31.7 Å². The van der Waals surface area contributed by atoms with Crippen LogP contribution in [-0.4, -0.2) is 37.5 Å². The summed E-state index contributed by atoms with van der Waals surface area (Å²) in [4.78, 5) is 5.92. The largest absolute Gasteiger partial charge is 0.489 e. The van der Waals surface area contributed by atoms with E-state index in [4.69, 9.17) is 16.3 Å². The Hall–Kier alpha value is -2.34. The first-order chi connectivity index (χ1) is 16.6. The van der Waals surface area contributed by atoms with Crippen molar-refractivity contribution in [2.24, 2.45) is 0 Å². The van der Waals surface area contributed by atoms with E-state index in [-0.39, 0.29) is 39.0 Å². The number of alkyl halides is 2. The molecule has 1 aliphatic heterocycles. The third-order valence-electron chi connectivity index (χ3n) is 5.92. The number of rotatable bonds is 8. The molecule has 2 heterocycles.